The van der Waals surface area contributed by atoms with E-state index >= 15 is 0 Å². The molecule has 1 fully saturated rings. The first-order chi connectivity index (χ1) is 7.58. The van der Waals surface area contributed by atoms with Gasteiger partial charge >= 0.3 is 0 Å². The van der Waals surface area contributed by atoms with E-state index in [1.165, 1.54) is 24.2 Å². The number of nitrogens with zero attached hydrogens (tertiary/aromatic N) is 1. The Bertz CT molecular complexity index is 398. The van der Waals surface area contributed by atoms with Gasteiger partial charge in [0.05, 0.1) is 5.69 Å². The fourth-order valence-electron chi connectivity index (χ4n) is 1.79. The van der Waals surface area contributed by atoms with Gasteiger partial charge in [0.1, 0.15) is 4.88 Å². The molecule has 2 rings (SSSR count). The van der Waals surface area contributed by atoms with E-state index in [1.807, 2.05) is 6.92 Å². The Hall–Kier alpha value is -1.10. The summed E-state index contributed by atoms with van der Waals surface area (Å²) in [6.07, 6.45) is 2.62. The van der Waals surface area contributed by atoms with Gasteiger partial charge in [-0.3, -0.25) is 4.79 Å². The number of amides is 1. The van der Waals surface area contributed by atoms with Crippen LogP contribution in [0.4, 0.5) is 5.13 Å². The molecule has 0 bridgehead atoms. The first kappa shape index (κ1) is 11.4. The minimum absolute atomic E-state index is 0.0424. The minimum Gasteiger partial charge on any atom is -0.375 e. The molecule has 0 aromatic carbocycles. The van der Waals surface area contributed by atoms with Gasteiger partial charge in [-0.15, -0.1) is 0 Å². The highest BCUT2D eigenvalue weighted by molar-refractivity contribution is 7.17. The van der Waals surface area contributed by atoms with Crippen molar-refractivity contribution in [3.63, 3.8) is 0 Å². The van der Waals surface area contributed by atoms with Crippen LogP contribution in [0.2, 0.25) is 0 Å². The lowest BCUT2D eigenvalue weighted by atomic mass is 10.1. The molecule has 1 aliphatic carbocycles. The molecule has 3 N–H and O–H groups in total. The number of nitrogens with one attached hydrogen (secondary N) is 1. The quantitative estimate of drug-likeness (QED) is 0.842. The third kappa shape index (κ3) is 2.52. The second-order valence-corrected chi connectivity index (χ2v) is 5.52. The maximum absolute atomic E-state index is 11.8. The SMILES string of the molecule is Cc1nc(N)sc1C(=O)NCC(C)C1CC1. The predicted molar refractivity (Wildman–Crippen MR) is 65.5 cm³/mol. The van der Waals surface area contributed by atoms with Crippen LogP contribution in [0.25, 0.3) is 0 Å². The summed E-state index contributed by atoms with van der Waals surface area (Å²) in [6, 6.07) is 0. The number of nitrogen functional groups attached to an aromatic ring is 1. The predicted octanol–water partition coefficient (Wildman–Crippen LogP) is 1.81. The minimum atomic E-state index is -0.0424. The number of anilines is 1. The van der Waals surface area contributed by atoms with E-state index in [4.69, 9.17) is 5.73 Å². The molecule has 1 aliphatic rings. The van der Waals surface area contributed by atoms with Crippen molar-refractivity contribution in [3.05, 3.63) is 10.6 Å². The maximum atomic E-state index is 11.8. The van der Waals surface area contributed by atoms with Crippen LogP contribution < -0.4 is 11.1 Å². The van der Waals surface area contributed by atoms with Crippen LogP contribution in [-0.4, -0.2) is 17.4 Å². The first-order valence-corrected chi connectivity index (χ1v) is 6.40. The van der Waals surface area contributed by atoms with Crippen molar-refractivity contribution in [1.29, 1.82) is 0 Å². The number of carbonyl (C=O) groups excluding carboxylic acids is 1. The number of hydrogen-bond donors (Lipinski definition) is 2. The molecule has 16 heavy (non-hydrogen) atoms. The van der Waals surface area contributed by atoms with Gasteiger partial charge in [-0.2, -0.15) is 0 Å². The van der Waals surface area contributed by atoms with Crippen molar-refractivity contribution >= 4 is 22.4 Å². The Balaban J connectivity index is 1.89. The lowest BCUT2D eigenvalue weighted by Gasteiger charge is -2.10. The summed E-state index contributed by atoms with van der Waals surface area (Å²) in [5, 5.41) is 3.41. The Morgan fingerprint density at radius 3 is 2.88 bits per heavy atom. The summed E-state index contributed by atoms with van der Waals surface area (Å²) in [7, 11) is 0. The normalized spacial score (nSPS) is 17.1. The van der Waals surface area contributed by atoms with Crippen LogP contribution in [0.3, 0.4) is 0 Å². The van der Waals surface area contributed by atoms with Crippen LogP contribution >= 0.6 is 11.3 Å². The Labute approximate surface area is 99.3 Å². The highest BCUT2D eigenvalue weighted by atomic mass is 32.1. The van der Waals surface area contributed by atoms with Gasteiger partial charge in [0.2, 0.25) is 0 Å². The molecule has 5 heteroatoms. The van der Waals surface area contributed by atoms with Gasteiger partial charge in [0.15, 0.2) is 5.13 Å². The summed E-state index contributed by atoms with van der Waals surface area (Å²) < 4.78 is 0. The number of rotatable bonds is 4. The van der Waals surface area contributed by atoms with Gasteiger partial charge in [-0.25, -0.2) is 4.98 Å². The van der Waals surface area contributed by atoms with Crippen molar-refractivity contribution in [3.8, 4) is 0 Å². The van der Waals surface area contributed by atoms with Crippen LogP contribution in [0.5, 0.6) is 0 Å². The third-order valence-electron chi connectivity index (χ3n) is 3.03. The van der Waals surface area contributed by atoms with Gasteiger partial charge in [0, 0.05) is 6.54 Å². The van der Waals surface area contributed by atoms with Crippen LogP contribution in [0.15, 0.2) is 0 Å². The van der Waals surface area contributed by atoms with Gasteiger partial charge in [-0.05, 0) is 31.6 Å². The lowest BCUT2D eigenvalue weighted by Crippen LogP contribution is -2.28. The fourth-order valence-corrected chi connectivity index (χ4v) is 2.54. The van der Waals surface area contributed by atoms with E-state index in [9.17, 15) is 4.79 Å². The molecule has 1 unspecified atom stereocenters. The highest BCUT2D eigenvalue weighted by Crippen LogP contribution is 2.36. The molecule has 0 saturated heterocycles. The summed E-state index contributed by atoms with van der Waals surface area (Å²) in [5.74, 6) is 1.35. The van der Waals surface area contributed by atoms with E-state index in [1.54, 1.807) is 0 Å². The molecule has 0 aliphatic heterocycles. The lowest BCUT2D eigenvalue weighted by molar-refractivity contribution is 0.0950. The third-order valence-corrected chi connectivity index (χ3v) is 4.02. The van der Waals surface area contributed by atoms with E-state index in [0.717, 1.165) is 18.2 Å². The number of aromatic nitrogens is 1. The number of nitrogens with two attached hydrogens (primary N) is 1. The zero-order valence-corrected chi connectivity index (χ0v) is 10.4. The van der Waals surface area contributed by atoms with Crippen molar-refractivity contribution in [1.82, 2.24) is 10.3 Å². The van der Waals surface area contributed by atoms with E-state index in [2.05, 4.69) is 17.2 Å². The second kappa shape index (κ2) is 4.41. The largest absolute Gasteiger partial charge is 0.375 e. The number of carbonyl (C=O) groups is 1. The molecule has 0 radical (unpaired) electrons. The molecule has 0 spiro atoms. The topological polar surface area (TPSA) is 68.0 Å². The van der Waals surface area contributed by atoms with E-state index in [-0.39, 0.29) is 5.91 Å². The fraction of sp³-hybridized carbons (Fsp3) is 0.636. The Morgan fingerprint density at radius 1 is 1.69 bits per heavy atom. The van der Waals surface area contributed by atoms with Crippen molar-refractivity contribution in [2.75, 3.05) is 12.3 Å². The van der Waals surface area contributed by atoms with Gasteiger partial charge in [0.25, 0.3) is 5.91 Å². The summed E-state index contributed by atoms with van der Waals surface area (Å²) >= 11 is 1.25. The Morgan fingerprint density at radius 2 is 2.38 bits per heavy atom. The monoisotopic (exact) mass is 239 g/mol. The molecule has 4 nitrogen and oxygen atoms in total. The molecular weight excluding hydrogens is 222 g/mol. The molecular formula is C11H17N3OS. The molecule has 88 valence electrons. The molecule has 1 heterocycles. The number of hydrogen-bond acceptors (Lipinski definition) is 4. The van der Waals surface area contributed by atoms with Crippen LogP contribution in [0.1, 0.15) is 35.1 Å². The summed E-state index contributed by atoms with van der Waals surface area (Å²) in [4.78, 5) is 16.5. The van der Waals surface area contributed by atoms with Gasteiger partial charge < -0.3 is 11.1 Å². The molecule has 1 atom stereocenters. The van der Waals surface area contributed by atoms with Crippen LogP contribution in [0, 0.1) is 18.8 Å². The van der Waals surface area contributed by atoms with Crippen molar-refractivity contribution in [2.45, 2.75) is 26.7 Å². The standard InChI is InChI=1S/C11H17N3OS/c1-6(8-3-4-8)5-13-10(15)9-7(2)14-11(12)16-9/h6,8H,3-5H2,1-2H3,(H2,12,14)(H,13,15). The van der Waals surface area contributed by atoms with Crippen molar-refractivity contribution in [2.24, 2.45) is 11.8 Å². The van der Waals surface area contributed by atoms with E-state index < -0.39 is 0 Å². The molecule has 1 saturated carbocycles. The highest BCUT2D eigenvalue weighted by Gasteiger charge is 2.28. The summed E-state index contributed by atoms with van der Waals surface area (Å²) in [6.45, 7) is 4.75. The zero-order chi connectivity index (χ0) is 11.7. The smallest absolute Gasteiger partial charge is 0.263 e. The molecule has 1 aromatic heterocycles. The average Bonchev–Trinajstić information content (AvgIpc) is 3.01. The van der Waals surface area contributed by atoms with Crippen molar-refractivity contribution < 1.29 is 4.79 Å². The van der Waals surface area contributed by atoms with Gasteiger partial charge in [-0.1, -0.05) is 18.3 Å². The van der Waals surface area contributed by atoms with Crippen LogP contribution in [-0.2, 0) is 0 Å². The molecule has 1 aromatic rings. The number of thiazole rings is 1. The Kier molecular flexibility index (Phi) is 3.14. The zero-order valence-electron chi connectivity index (χ0n) is 9.62. The maximum Gasteiger partial charge on any atom is 0.263 e. The average molecular weight is 239 g/mol. The molecule has 1 amide bonds. The summed E-state index contributed by atoms with van der Waals surface area (Å²) in [5.41, 5.74) is 6.28. The van der Waals surface area contributed by atoms with E-state index in [0.29, 0.717) is 15.9 Å². The second-order valence-electron chi connectivity index (χ2n) is 4.49. The number of aryl methyl sites for hydroxylation is 1. The first-order valence-electron chi connectivity index (χ1n) is 5.59.